The monoisotopic (exact) mass is 327 g/mol. The van der Waals surface area contributed by atoms with Crippen LogP contribution in [0.5, 0.6) is 11.5 Å². The Hall–Kier alpha value is -1.31. The van der Waals surface area contributed by atoms with Gasteiger partial charge in [0.2, 0.25) is 10.0 Å². The Kier molecular flexibility index (Phi) is 4.29. The third-order valence-corrected chi connectivity index (χ3v) is 6.23. The van der Waals surface area contributed by atoms with Gasteiger partial charge in [-0.15, -0.1) is 0 Å². The minimum absolute atomic E-state index is 0.164. The second-order valence-electron chi connectivity index (χ2n) is 5.75. The lowest BCUT2D eigenvalue weighted by Crippen LogP contribution is -2.46. The Balaban J connectivity index is 1.88. The van der Waals surface area contributed by atoms with Crippen molar-refractivity contribution in [1.29, 1.82) is 0 Å². The highest BCUT2D eigenvalue weighted by Gasteiger charge is 2.34. The Morgan fingerprint density at radius 3 is 2.55 bits per heavy atom. The molecule has 7 heteroatoms. The molecule has 1 aromatic rings. The first-order chi connectivity index (χ1) is 10.5. The number of fused-ring (bicyclic) bond motifs is 1. The molecular formula is C15H21NO5S. The lowest BCUT2D eigenvalue weighted by atomic mass is 9.93. The van der Waals surface area contributed by atoms with Crippen molar-refractivity contribution >= 4 is 10.0 Å². The van der Waals surface area contributed by atoms with E-state index in [1.165, 1.54) is 23.5 Å². The fourth-order valence-electron chi connectivity index (χ4n) is 3.04. The average molecular weight is 327 g/mol. The fourth-order valence-corrected chi connectivity index (χ4v) is 4.48. The lowest BCUT2D eigenvalue weighted by molar-refractivity contribution is 0.0638. The number of hydrogen-bond donors (Lipinski definition) is 1. The van der Waals surface area contributed by atoms with Crippen LogP contribution in [0.15, 0.2) is 23.1 Å². The summed E-state index contributed by atoms with van der Waals surface area (Å²) in [5.41, 5.74) is 0. The molecule has 6 nitrogen and oxygen atoms in total. The Labute approximate surface area is 130 Å². The first kappa shape index (κ1) is 15.6. The largest absolute Gasteiger partial charge is 0.486 e. The van der Waals surface area contributed by atoms with Gasteiger partial charge in [-0.25, -0.2) is 8.42 Å². The van der Waals surface area contributed by atoms with E-state index in [0.717, 1.165) is 12.8 Å². The van der Waals surface area contributed by atoms with Crippen molar-refractivity contribution in [1.82, 2.24) is 4.31 Å². The van der Waals surface area contributed by atoms with Gasteiger partial charge in [0, 0.05) is 13.1 Å². The molecule has 0 unspecified atom stereocenters. The van der Waals surface area contributed by atoms with Crippen molar-refractivity contribution in [3.8, 4) is 11.5 Å². The zero-order valence-corrected chi connectivity index (χ0v) is 13.4. The standard InChI is InChI=1S/C15H21NO5S/c1-16(12-4-2-3-5-13(12)17)22(18,19)11-6-7-14-15(10-11)21-9-8-20-14/h6-7,10,12-13,17H,2-5,8-9H2,1H3/t12-,13-/m0/s1. The molecule has 1 saturated carbocycles. The Morgan fingerprint density at radius 2 is 1.82 bits per heavy atom. The number of hydrogen-bond acceptors (Lipinski definition) is 5. The topological polar surface area (TPSA) is 76.1 Å². The second kappa shape index (κ2) is 6.06. The molecule has 1 aliphatic carbocycles. The van der Waals surface area contributed by atoms with E-state index in [0.29, 0.717) is 37.6 Å². The molecule has 1 N–H and O–H groups in total. The van der Waals surface area contributed by atoms with Crippen LogP contribution in [0.25, 0.3) is 0 Å². The number of nitrogens with zero attached hydrogens (tertiary/aromatic N) is 1. The molecule has 0 bridgehead atoms. The highest BCUT2D eigenvalue weighted by molar-refractivity contribution is 7.89. The summed E-state index contributed by atoms with van der Waals surface area (Å²) >= 11 is 0. The van der Waals surface area contributed by atoms with Crippen LogP contribution in [0.3, 0.4) is 0 Å². The third kappa shape index (κ3) is 2.80. The molecule has 0 amide bonds. The summed E-state index contributed by atoms with van der Waals surface area (Å²) in [5, 5.41) is 10.1. The third-order valence-electron chi connectivity index (χ3n) is 4.35. The van der Waals surface area contributed by atoms with Crippen LogP contribution < -0.4 is 9.47 Å². The Bertz CT molecular complexity index is 645. The summed E-state index contributed by atoms with van der Waals surface area (Å²) in [4.78, 5) is 0.164. The van der Waals surface area contributed by atoms with Gasteiger partial charge >= 0.3 is 0 Å². The van der Waals surface area contributed by atoms with Crippen LogP contribution in [0, 0.1) is 0 Å². The van der Waals surface area contributed by atoms with E-state index in [-0.39, 0.29) is 10.9 Å². The van der Waals surface area contributed by atoms with Crippen molar-refractivity contribution in [2.45, 2.75) is 42.7 Å². The quantitative estimate of drug-likeness (QED) is 0.908. The summed E-state index contributed by atoms with van der Waals surface area (Å²) in [5.74, 6) is 1.01. The predicted molar refractivity (Wildman–Crippen MR) is 80.6 cm³/mol. The van der Waals surface area contributed by atoms with Crippen LogP contribution in [0.1, 0.15) is 25.7 Å². The molecule has 0 radical (unpaired) electrons. The van der Waals surface area contributed by atoms with Gasteiger partial charge in [0.15, 0.2) is 11.5 Å². The molecule has 3 rings (SSSR count). The van der Waals surface area contributed by atoms with Crippen LogP contribution in [-0.4, -0.2) is 50.2 Å². The summed E-state index contributed by atoms with van der Waals surface area (Å²) in [7, 11) is -2.13. The number of ether oxygens (including phenoxy) is 2. The molecule has 2 aliphatic rings. The van der Waals surface area contributed by atoms with E-state index in [9.17, 15) is 13.5 Å². The molecule has 1 heterocycles. The van der Waals surface area contributed by atoms with Crippen molar-refractivity contribution < 1.29 is 23.0 Å². The first-order valence-corrected chi connectivity index (χ1v) is 9.00. The van der Waals surface area contributed by atoms with Crippen LogP contribution in [0.4, 0.5) is 0 Å². The van der Waals surface area contributed by atoms with Gasteiger partial charge in [0.25, 0.3) is 0 Å². The van der Waals surface area contributed by atoms with E-state index < -0.39 is 16.1 Å². The molecule has 0 saturated heterocycles. The molecule has 0 aromatic heterocycles. The maximum atomic E-state index is 12.8. The number of aliphatic hydroxyl groups excluding tert-OH is 1. The average Bonchev–Trinajstić information content (AvgIpc) is 2.54. The fraction of sp³-hybridized carbons (Fsp3) is 0.600. The summed E-state index contributed by atoms with van der Waals surface area (Å²) in [6.45, 7) is 0.876. The molecule has 1 fully saturated rings. The van der Waals surface area contributed by atoms with Crippen LogP contribution in [0.2, 0.25) is 0 Å². The molecule has 1 aromatic carbocycles. The van der Waals surface area contributed by atoms with Crippen molar-refractivity contribution in [2.75, 3.05) is 20.3 Å². The molecule has 22 heavy (non-hydrogen) atoms. The summed E-state index contributed by atoms with van der Waals surface area (Å²) in [6.07, 6.45) is 2.59. The van der Waals surface area contributed by atoms with E-state index in [4.69, 9.17) is 9.47 Å². The van der Waals surface area contributed by atoms with E-state index in [1.54, 1.807) is 6.07 Å². The molecule has 2 atom stereocenters. The number of rotatable bonds is 3. The van der Waals surface area contributed by atoms with E-state index in [1.807, 2.05) is 0 Å². The highest BCUT2D eigenvalue weighted by Crippen LogP contribution is 2.34. The Morgan fingerprint density at radius 1 is 1.14 bits per heavy atom. The number of benzene rings is 1. The van der Waals surface area contributed by atoms with Crippen LogP contribution >= 0.6 is 0 Å². The van der Waals surface area contributed by atoms with Gasteiger partial charge in [0.1, 0.15) is 13.2 Å². The zero-order valence-electron chi connectivity index (χ0n) is 12.6. The van der Waals surface area contributed by atoms with Gasteiger partial charge in [-0.2, -0.15) is 4.31 Å². The van der Waals surface area contributed by atoms with Gasteiger partial charge in [-0.3, -0.25) is 0 Å². The SMILES string of the molecule is CN([C@H]1CCCC[C@@H]1O)S(=O)(=O)c1ccc2c(c1)OCCO2. The number of likely N-dealkylation sites (N-methyl/N-ethyl adjacent to an activating group) is 1. The van der Waals surface area contributed by atoms with Gasteiger partial charge in [0.05, 0.1) is 17.0 Å². The van der Waals surface area contributed by atoms with Crippen molar-refractivity contribution in [2.24, 2.45) is 0 Å². The van der Waals surface area contributed by atoms with Crippen LogP contribution in [-0.2, 0) is 10.0 Å². The second-order valence-corrected chi connectivity index (χ2v) is 7.74. The van der Waals surface area contributed by atoms with E-state index >= 15 is 0 Å². The van der Waals surface area contributed by atoms with Crippen molar-refractivity contribution in [3.63, 3.8) is 0 Å². The normalized spacial score (nSPS) is 25.2. The number of aliphatic hydroxyl groups is 1. The van der Waals surface area contributed by atoms with Gasteiger partial charge in [-0.1, -0.05) is 12.8 Å². The summed E-state index contributed by atoms with van der Waals surface area (Å²) in [6, 6.07) is 4.27. The lowest BCUT2D eigenvalue weighted by Gasteiger charge is -2.34. The maximum absolute atomic E-state index is 12.8. The predicted octanol–water partition coefficient (Wildman–Crippen LogP) is 1.38. The molecule has 122 valence electrons. The minimum atomic E-state index is -3.67. The maximum Gasteiger partial charge on any atom is 0.243 e. The highest BCUT2D eigenvalue weighted by atomic mass is 32.2. The smallest absolute Gasteiger partial charge is 0.243 e. The molecule has 1 aliphatic heterocycles. The van der Waals surface area contributed by atoms with Crippen molar-refractivity contribution in [3.05, 3.63) is 18.2 Å². The van der Waals surface area contributed by atoms with Gasteiger partial charge < -0.3 is 14.6 Å². The number of sulfonamides is 1. The summed E-state index contributed by atoms with van der Waals surface area (Å²) < 4.78 is 37.7. The minimum Gasteiger partial charge on any atom is -0.486 e. The molecule has 0 spiro atoms. The van der Waals surface area contributed by atoms with E-state index in [2.05, 4.69) is 0 Å². The van der Waals surface area contributed by atoms with Gasteiger partial charge in [-0.05, 0) is 25.0 Å². The zero-order chi connectivity index (χ0) is 15.7. The first-order valence-electron chi connectivity index (χ1n) is 7.56. The molecular weight excluding hydrogens is 306 g/mol.